The Labute approximate surface area is 144 Å². The van der Waals surface area contributed by atoms with Crippen molar-refractivity contribution in [3.63, 3.8) is 0 Å². The molecule has 0 aliphatic carbocycles. The number of nitrogens with zero attached hydrogens (tertiary/aromatic N) is 2. The molecular formula is C15H13F2N3O2S2. The quantitative estimate of drug-likeness (QED) is 0.901. The maximum atomic E-state index is 13.5. The first-order valence-electron chi connectivity index (χ1n) is 7.03. The number of rotatable bonds is 3. The molecule has 1 fully saturated rings. The summed E-state index contributed by atoms with van der Waals surface area (Å²) in [5, 5.41) is -0.127. The number of nitrogens with two attached hydrogens (primary N) is 1. The van der Waals surface area contributed by atoms with Crippen LogP contribution in [-0.4, -0.2) is 39.4 Å². The lowest BCUT2D eigenvalue weighted by Crippen LogP contribution is -2.42. The predicted octanol–water partition coefficient (Wildman–Crippen LogP) is 2.40. The number of amides is 2. The molecule has 1 saturated heterocycles. The number of benzene rings is 1. The van der Waals surface area contributed by atoms with E-state index in [4.69, 9.17) is 5.73 Å². The van der Waals surface area contributed by atoms with Gasteiger partial charge in [0.15, 0.2) is 17.0 Å². The summed E-state index contributed by atoms with van der Waals surface area (Å²) in [4.78, 5) is 30.3. The predicted molar refractivity (Wildman–Crippen MR) is 88.7 cm³/mol. The van der Waals surface area contributed by atoms with Crippen molar-refractivity contribution in [3.8, 4) is 10.4 Å². The SMILES string of the molecule is Cc1nc(C(=O)N2CCSC2C(N)=O)c(-c2ccc(F)c(F)c2)s1. The van der Waals surface area contributed by atoms with Gasteiger partial charge in [-0.15, -0.1) is 23.1 Å². The van der Waals surface area contributed by atoms with Crippen molar-refractivity contribution in [2.45, 2.75) is 12.3 Å². The zero-order valence-electron chi connectivity index (χ0n) is 12.6. The molecule has 2 aromatic rings. The molecule has 2 amide bonds. The van der Waals surface area contributed by atoms with Crippen LogP contribution < -0.4 is 5.73 Å². The minimum atomic E-state index is -0.997. The Hall–Kier alpha value is -2.00. The monoisotopic (exact) mass is 369 g/mol. The second-order valence-electron chi connectivity index (χ2n) is 5.16. The molecule has 2 N–H and O–H groups in total. The highest BCUT2D eigenvalue weighted by Gasteiger charge is 2.36. The summed E-state index contributed by atoms with van der Waals surface area (Å²) in [5.41, 5.74) is 5.82. The number of hydrogen-bond donors (Lipinski definition) is 1. The number of primary amides is 1. The van der Waals surface area contributed by atoms with Crippen LogP contribution in [0.2, 0.25) is 0 Å². The molecule has 1 unspecified atom stereocenters. The Balaban J connectivity index is 2.01. The number of halogens is 2. The Kier molecular flexibility index (Phi) is 4.55. The van der Waals surface area contributed by atoms with Gasteiger partial charge in [-0.05, 0) is 24.6 Å². The van der Waals surface area contributed by atoms with Gasteiger partial charge in [-0.25, -0.2) is 13.8 Å². The second-order valence-corrected chi connectivity index (χ2v) is 7.55. The minimum Gasteiger partial charge on any atom is -0.367 e. The standard InChI is InChI=1S/C15H13F2N3O2S2/c1-7-19-11(14(22)20-4-5-23-15(20)13(18)21)12(24-7)8-2-3-9(16)10(17)6-8/h2-3,6,15H,4-5H2,1H3,(H2,18,21). The largest absolute Gasteiger partial charge is 0.367 e. The topological polar surface area (TPSA) is 76.3 Å². The van der Waals surface area contributed by atoms with E-state index in [0.717, 1.165) is 12.1 Å². The van der Waals surface area contributed by atoms with Crippen LogP contribution in [-0.2, 0) is 4.79 Å². The van der Waals surface area contributed by atoms with E-state index < -0.39 is 28.8 Å². The van der Waals surface area contributed by atoms with E-state index in [9.17, 15) is 18.4 Å². The van der Waals surface area contributed by atoms with Crippen LogP contribution in [0.1, 0.15) is 15.5 Å². The molecular weight excluding hydrogens is 356 g/mol. The molecule has 1 aromatic carbocycles. The third kappa shape index (κ3) is 3.01. The third-order valence-corrected chi connectivity index (χ3v) is 5.75. The number of thiazole rings is 1. The Morgan fingerprint density at radius 2 is 2.08 bits per heavy atom. The van der Waals surface area contributed by atoms with E-state index in [1.807, 2.05) is 0 Å². The van der Waals surface area contributed by atoms with Crippen LogP contribution in [0, 0.1) is 18.6 Å². The third-order valence-electron chi connectivity index (χ3n) is 3.51. The summed E-state index contributed by atoms with van der Waals surface area (Å²) in [7, 11) is 0. The number of thioether (sulfide) groups is 1. The molecule has 1 aliphatic heterocycles. The normalized spacial score (nSPS) is 17.3. The lowest BCUT2D eigenvalue weighted by atomic mass is 10.1. The molecule has 0 saturated carbocycles. The van der Waals surface area contributed by atoms with Crippen molar-refractivity contribution in [2.24, 2.45) is 5.73 Å². The molecule has 24 heavy (non-hydrogen) atoms. The van der Waals surface area contributed by atoms with Crippen LogP contribution in [0.25, 0.3) is 10.4 Å². The summed E-state index contributed by atoms with van der Waals surface area (Å²) in [5.74, 6) is -2.38. The average Bonchev–Trinajstić information content (AvgIpc) is 3.16. The van der Waals surface area contributed by atoms with E-state index in [2.05, 4.69) is 4.98 Å². The number of hydrogen-bond acceptors (Lipinski definition) is 5. The summed E-state index contributed by atoms with van der Waals surface area (Å²) < 4.78 is 26.7. The fourth-order valence-electron chi connectivity index (χ4n) is 2.45. The molecule has 9 heteroatoms. The number of aromatic nitrogens is 1. The summed E-state index contributed by atoms with van der Waals surface area (Å²) in [6.45, 7) is 2.10. The molecule has 0 spiro atoms. The summed E-state index contributed by atoms with van der Waals surface area (Å²) in [6, 6.07) is 3.43. The lowest BCUT2D eigenvalue weighted by Gasteiger charge is -2.20. The van der Waals surface area contributed by atoms with E-state index in [1.165, 1.54) is 34.1 Å². The molecule has 5 nitrogen and oxygen atoms in total. The van der Waals surface area contributed by atoms with Crippen LogP contribution in [0.4, 0.5) is 8.78 Å². The fraction of sp³-hybridized carbons (Fsp3) is 0.267. The number of aryl methyl sites for hydroxylation is 1. The van der Waals surface area contributed by atoms with E-state index >= 15 is 0 Å². The molecule has 126 valence electrons. The summed E-state index contributed by atoms with van der Waals surface area (Å²) >= 11 is 2.50. The Morgan fingerprint density at radius 3 is 2.75 bits per heavy atom. The van der Waals surface area contributed by atoms with E-state index in [-0.39, 0.29) is 5.69 Å². The summed E-state index contributed by atoms with van der Waals surface area (Å²) in [6.07, 6.45) is 0. The van der Waals surface area contributed by atoms with Gasteiger partial charge in [0.2, 0.25) is 0 Å². The molecule has 1 atom stereocenters. The van der Waals surface area contributed by atoms with Crippen molar-refractivity contribution in [1.82, 2.24) is 9.88 Å². The Morgan fingerprint density at radius 1 is 1.33 bits per heavy atom. The highest BCUT2D eigenvalue weighted by Crippen LogP contribution is 2.34. The van der Waals surface area contributed by atoms with Crippen molar-refractivity contribution in [1.29, 1.82) is 0 Å². The van der Waals surface area contributed by atoms with Crippen molar-refractivity contribution < 1.29 is 18.4 Å². The van der Waals surface area contributed by atoms with Gasteiger partial charge in [0.25, 0.3) is 11.8 Å². The first kappa shape index (κ1) is 16.8. The molecule has 3 rings (SSSR count). The van der Waals surface area contributed by atoms with Gasteiger partial charge in [-0.2, -0.15) is 0 Å². The zero-order chi connectivity index (χ0) is 17.4. The van der Waals surface area contributed by atoms with Gasteiger partial charge >= 0.3 is 0 Å². The Bertz CT molecular complexity index is 825. The maximum Gasteiger partial charge on any atom is 0.275 e. The average molecular weight is 369 g/mol. The lowest BCUT2D eigenvalue weighted by molar-refractivity contribution is -0.119. The van der Waals surface area contributed by atoms with Crippen molar-refractivity contribution in [3.05, 3.63) is 40.5 Å². The van der Waals surface area contributed by atoms with Gasteiger partial charge in [-0.1, -0.05) is 6.07 Å². The maximum absolute atomic E-state index is 13.5. The first-order chi connectivity index (χ1) is 11.4. The van der Waals surface area contributed by atoms with E-state index in [0.29, 0.717) is 27.7 Å². The smallest absolute Gasteiger partial charge is 0.275 e. The van der Waals surface area contributed by atoms with Crippen LogP contribution in [0.15, 0.2) is 18.2 Å². The zero-order valence-corrected chi connectivity index (χ0v) is 14.2. The van der Waals surface area contributed by atoms with Gasteiger partial charge < -0.3 is 10.6 Å². The minimum absolute atomic E-state index is 0.122. The van der Waals surface area contributed by atoms with Crippen molar-refractivity contribution in [2.75, 3.05) is 12.3 Å². The first-order valence-corrected chi connectivity index (χ1v) is 8.89. The van der Waals surface area contributed by atoms with Crippen molar-refractivity contribution >= 4 is 34.9 Å². The van der Waals surface area contributed by atoms with Crippen LogP contribution in [0.5, 0.6) is 0 Å². The number of carbonyl (C=O) groups is 2. The highest BCUT2D eigenvalue weighted by atomic mass is 32.2. The highest BCUT2D eigenvalue weighted by molar-refractivity contribution is 8.00. The van der Waals surface area contributed by atoms with E-state index in [1.54, 1.807) is 6.92 Å². The van der Waals surface area contributed by atoms with Crippen LogP contribution in [0.3, 0.4) is 0 Å². The molecule has 1 aliphatic rings. The molecule has 1 aromatic heterocycles. The molecule has 2 heterocycles. The number of carbonyl (C=O) groups excluding carboxylic acids is 2. The molecule has 0 radical (unpaired) electrons. The fourth-order valence-corrected chi connectivity index (χ4v) is 4.43. The van der Waals surface area contributed by atoms with Gasteiger partial charge in [0.1, 0.15) is 5.69 Å². The van der Waals surface area contributed by atoms with Gasteiger partial charge in [0, 0.05) is 12.3 Å². The second kappa shape index (κ2) is 6.48. The molecule has 0 bridgehead atoms. The van der Waals surface area contributed by atoms with Crippen LogP contribution >= 0.6 is 23.1 Å². The van der Waals surface area contributed by atoms with Gasteiger partial charge in [0.05, 0.1) is 9.88 Å². The van der Waals surface area contributed by atoms with Gasteiger partial charge in [-0.3, -0.25) is 9.59 Å².